The van der Waals surface area contributed by atoms with Crippen LogP contribution in [-0.4, -0.2) is 82.5 Å². The summed E-state index contributed by atoms with van der Waals surface area (Å²) >= 11 is 0. The highest BCUT2D eigenvalue weighted by Crippen LogP contribution is 2.41. The molecule has 0 aromatic rings. The second-order valence-corrected chi connectivity index (χ2v) is 10.9. The predicted octanol–water partition coefficient (Wildman–Crippen LogP) is 1.52. The van der Waals surface area contributed by atoms with Gasteiger partial charge in [0.1, 0.15) is 19.3 Å². The van der Waals surface area contributed by atoms with Gasteiger partial charge in [-0.15, -0.1) is 0 Å². The average Bonchev–Trinajstić information content (AvgIpc) is 2.65. The van der Waals surface area contributed by atoms with E-state index in [0.29, 0.717) is 19.3 Å². The van der Waals surface area contributed by atoms with Crippen LogP contribution in [0.1, 0.15) is 33.1 Å². The molecule has 0 heterocycles. The van der Waals surface area contributed by atoms with Gasteiger partial charge in [0.15, 0.2) is 0 Å². The molecule has 0 aromatic heterocycles. The van der Waals surface area contributed by atoms with Crippen molar-refractivity contribution in [1.82, 2.24) is 0 Å². The summed E-state index contributed by atoms with van der Waals surface area (Å²) < 4.78 is 43.1. The minimum Gasteiger partial charge on any atom is -0.459 e. The summed E-state index contributed by atoms with van der Waals surface area (Å²) in [6.45, 7) is 9.91. The van der Waals surface area contributed by atoms with E-state index in [1.54, 1.807) is 0 Å². The maximum absolute atomic E-state index is 11.6. The Morgan fingerprint density at radius 2 is 1.09 bits per heavy atom. The zero-order chi connectivity index (χ0) is 25.7. The first-order valence-electron chi connectivity index (χ1n) is 10.1. The standard InChI is InChI=1S/C19H34O12P2/c1-14(2)18(20)30-10-16(11-31-19(21)15(3)4)28-8-6-5-7-9-29-17(12-32(22,23)24)13-33(25,26)27/h16-17H,1,3,5-13H2,2,4H3,(H2,22,23,24)(H2,25,26,27). The first-order valence-corrected chi connectivity index (χ1v) is 13.7. The molecule has 0 aliphatic heterocycles. The van der Waals surface area contributed by atoms with E-state index in [9.17, 15) is 18.7 Å². The predicted molar refractivity (Wildman–Crippen MR) is 119 cm³/mol. The normalized spacial score (nSPS) is 12.1. The van der Waals surface area contributed by atoms with E-state index in [1.807, 2.05) is 0 Å². The van der Waals surface area contributed by atoms with E-state index < -0.39 is 51.7 Å². The van der Waals surface area contributed by atoms with Crippen LogP contribution in [0.4, 0.5) is 0 Å². The van der Waals surface area contributed by atoms with Crippen LogP contribution in [0.3, 0.4) is 0 Å². The molecule has 0 unspecified atom stereocenters. The van der Waals surface area contributed by atoms with E-state index in [1.165, 1.54) is 13.8 Å². The topological polar surface area (TPSA) is 186 Å². The highest BCUT2D eigenvalue weighted by Gasteiger charge is 2.28. The van der Waals surface area contributed by atoms with Crippen molar-refractivity contribution in [2.75, 3.05) is 38.8 Å². The SMILES string of the molecule is C=C(C)C(=O)OCC(COC(=O)C(=C)C)OCCCCCOC(CP(=O)(O)O)CP(=O)(O)O. The smallest absolute Gasteiger partial charge is 0.333 e. The molecule has 0 saturated carbocycles. The van der Waals surface area contributed by atoms with Crippen LogP contribution < -0.4 is 0 Å². The fourth-order valence-corrected chi connectivity index (χ4v) is 4.04. The molecular formula is C19H34O12P2. The van der Waals surface area contributed by atoms with Crippen molar-refractivity contribution < 1.29 is 57.2 Å². The van der Waals surface area contributed by atoms with Gasteiger partial charge in [-0.1, -0.05) is 13.2 Å². The van der Waals surface area contributed by atoms with Gasteiger partial charge < -0.3 is 38.5 Å². The van der Waals surface area contributed by atoms with Crippen LogP contribution in [0.2, 0.25) is 0 Å². The average molecular weight is 516 g/mol. The van der Waals surface area contributed by atoms with Crippen LogP contribution in [0, 0.1) is 0 Å². The van der Waals surface area contributed by atoms with Gasteiger partial charge >= 0.3 is 27.1 Å². The molecule has 0 fully saturated rings. The molecule has 4 N–H and O–H groups in total. The van der Waals surface area contributed by atoms with Crippen LogP contribution >= 0.6 is 15.2 Å². The molecule has 12 nitrogen and oxygen atoms in total. The number of carbonyl (C=O) groups is 2. The molecule has 0 aliphatic carbocycles. The minimum absolute atomic E-state index is 0.0422. The zero-order valence-corrected chi connectivity index (χ0v) is 20.7. The highest BCUT2D eigenvalue weighted by molar-refractivity contribution is 7.53. The Morgan fingerprint density at radius 3 is 1.42 bits per heavy atom. The lowest BCUT2D eigenvalue weighted by Gasteiger charge is -2.19. The third kappa shape index (κ3) is 18.7. The quantitative estimate of drug-likeness (QED) is 0.0892. The van der Waals surface area contributed by atoms with Gasteiger partial charge in [-0.2, -0.15) is 0 Å². The van der Waals surface area contributed by atoms with E-state index in [0.717, 1.165) is 0 Å². The molecule has 0 bridgehead atoms. The number of carbonyl (C=O) groups excluding carboxylic acids is 2. The molecule has 33 heavy (non-hydrogen) atoms. The molecule has 0 amide bonds. The van der Waals surface area contributed by atoms with Crippen LogP contribution in [0.25, 0.3) is 0 Å². The van der Waals surface area contributed by atoms with Crippen LogP contribution in [-0.2, 0) is 37.7 Å². The molecule has 0 aliphatic rings. The summed E-state index contributed by atoms with van der Waals surface area (Å²) in [5.41, 5.74) is 0.423. The molecule has 14 heteroatoms. The van der Waals surface area contributed by atoms with Crippen molar-refractivity contribution in [3.05, 3.63) is 24.3 Å². The molecule has 0 atom stereocenters. The second kappa shape index (κ2) is 15.5. The van der Waals surface area contributed by atoms with E-state index in [-0.39, 0.29) is 37.6 Å². The molecule has 0 saturated heterocycles. The molecule has 0 rings (SSSR count). The third-order valence-electron chi connectivity index (χ3n) is 3.88. The maximum atomic E-state index is 11.6. The molecular weight excluding hydrogens is 482 g/mol. The Kier molecular flexibility index (Phi) is 14.9. The summed E-state index contributed by atoms with van der Waals surface area (Å²) in [6, 6.07) is 0. The lowest BCUT2D eigenvalue weighted by molar-refractivity contribution is -0.150. The third-order valence-corrected chi connectivity index (χ3v) is 5.64. The van der Waals surface area contributed by atoms with Crippen molar-refractivity contribution >= 4 is 27.1 Å². The second-order valence-electron chi connectivity index (χ2n) is 7.50. The number of ether oxygens (including phenoxy) is 4. The first kappa shape index (κ1) is 31.6. The van der Waals surface area contributed by atoms with Crippen molar-refractivity contribution in [3.63, 3.8) is 0 Å². The van der Waals surface area contributed by atoms with Gasteiger partial charge in [0.05, 0.1) is 18.4 Å². The van der Waals surface area contributed by atoms with Gasteiger partial charge in [0.25, 0.3) is 0 Å². The molecule has 192 valence electrons. The summed E-state index contributed by atoms with van der Waals surface area (Å²) in [6.07, 6.45) is -1.99. The summed E-state index contributed by atoms with van der Waals surface area (Å²) in [5, 5.41) is 0. The van der Waals surface area contributed by atoms with E-state index in [4.69, 9.17) is 38.5 Å². The van der Waals surface area contributed by atoms with Gasteiger partial charge in [-0.3, -0.25) is 9.13 Å². The Balaban J connectivity index is 4.42. The lowest BCUT2D eigenvalue weighted by Crippen LogP contribution is -2.29. The fourth-order valence-electron chi connectivity index (χ4n) is 2.30. The molecule has 0 radical (unpaired) electrons. The largest absolute Gasteiger partial charge is 0.459 e. The number of esters is 2. The fraction of sp³-hybridized carbons (Fsp3) is 0.684. The van der Waals surface area contributed by atoms with E-state index in [2.05, 4.69) is 13.2 Å². The van der Waals surface area contributed by atoms with Crippen LogP contribution in [0.5, 0.6) is 0 Å². The van der Waals surface area contributed by atoms with E-state index >= 15 is 0 Å². The van der Waals surface area contributed by atoms with Crippen molar-refractivity contribution in [2.24, 2.45) is 0 Å². The summed E-state index contributed by atoms with van der Waals surface area (Å²) in [4.78, 5) is 59.2. The Labute approximate surface area is 193 Å². The van der Waals surface area contributed by atoms with Gasteiger partial charge in [-0.05, 0) is 33.1 Å². The zero-order valence-electron chi connectivity index (χ0n) is 18.9. The monoisotopic (exact) mass is 516 g/mol. The van der Waals surface area contributed by atoms with Gasteiger partial charge in [-0.25, -0.2) is 9.59 Å². The summed E-state index contributed by atoms with van der Waals surface area (Å²) in [7, 11) is -8.99. The van der Waals surface area contributed by atoms with Crippen molar-refractivity contribution in [3.8, 4) is 0 Å². The molecule has 0 aromatic carbocycles. The van der Waals surface area contributed by atoms with Gasteiger partial charge in [0.2, 0.25) is 0 Å². The Morgan fingerprint density at radius 1 is 0.727 bits per heavy atom. The number of hydrogen-bond donors (Lipinski definition) is 4. The summed E-state index contributed by atoms with van der Waals surface area (Å²) in [5.74, 6) is -1.21. The Bertz CT molecular complexity index is 700. The maximum Gasteiger partial charge on any atom is 0.333 e. The van der Waals surface area contributed by atoms with Crippen molar-refractivity contribution in [1.29, 1.82) is 0 Å². The Hall–Kier alpha value is -1.36. The molecule has 0 spiro atoms. The minimum atomic E-state index is -4.50. The number of rotatable bonds is 18. The van der Waals surface area contributed by atoms with Gasteiger partial charge in [0, 0.05) is 24.4 Å². The first-order chi connectivity index (χ1) is 15.1. The van der Waals surface area contributed by atoms with Crippen molar-refractivity contribution in [2.45, 2.75) is 45.3 Å². The lowest BCUT2D eigenvalue weighted by atomic mass is 10.2. The number of unbranched alkanes of at least 4 members (excludes halogenated alkanes) is 2. The highest BCUT2D eigenvalue weighted by atomic mass is 31.2. The van der Waals surface area contributed by atoms with Crippen LogP contribution in [0.15, 0.2) is 24.3 Å². The number of hydrogen-bond acceptors (Lipinski definition) is 8.